The molecular weight excluding hydrogens is 362 g/mol. The van der Waals surface area contributed by atoms with Crippen LogP contribution < -0.4 is 0 Å². The molecule has 178 valence electrons. The first kappa shape index (κ1) is 29.4. The second-order valence-electron chi connectivity index (χ2n) is 9.55. The van der Waals surface area contributed by atoms with E-state index in [-0.39, 0.29) is 0 Å². The third kappa shape index (κ3) is 22.1. The molecule has 0 saturated heterocycles. The van der Waals surface area contributed by atoms with Gasteiger partial charge in [0.15, 0.2) is 0 Å². The second-order valence-corrected chi connectivity index (χ2v) is 9.55. The van der Waals surface area contributed by atoms with E-state index in [9.17, 15) is 0 Å². The Morgan fingerprint density at radius 3 is 1.40 bits per heavy atom. The predicted molar refractivity (Wildman–Crippen MR) is 139 cm³/mol. The molecule has 0 rings (SSSR count). The smallest absolute Gasteiger partial charge is 0.00891 e. The Labute approximate surface area is 191 Å². The molecule has 0 aliphatic rings. The van der Waals surface area contributed by atoms with Crippen molar-refractivity contribution in [2.24, 2.45) is 0 Å². The minimum Gasteiger partial charge on any atom is -0.306 e. The SMILES string of the molecule is CCCCCC=CC/C=C\CCCCCCCCCC(CCCCCCC)N(C)C. The Bertz CT molecular complexity index is 369. The minimum atomic E-state index is 0.810. The van der Waals surface area contributed by atoms with E-state index in [4.69, 9.17) is 0 Å². The van der Waals surface area contributed by atoms with Gasteiger partial charge in [0.1, 0.15) is 0 Å². The van der Waals surface area contributed by atoms with Crippen LogP contribution in [0.2, 0.25) is 0 Å². The average molecular weight is 420 g/mol. The number of rotatable bonds is 23. The summed E-state index contributed by atoms with van der Waals surface area (Å²) in [5.74, 6) is 0. The van der Waals surface area contributed by atoms with Gasteiger partial charge in [-0.2, -0.15) is 0 Å². The van der Waals surface area contributed by atoms with Gasteiger partial charge in [0.25, 0.3) is 0 Å². The highest BCUT2D eigenvalue weighted by atomic mass is 15.1. The Morgan fingerprint density at radius 1 is 0.500 bits per heavy atom. The van der Waals surface area contributed by atoms with Crippen molar-refractivity contribution in [3.63, 3.8) is 0 Å². The maximum absolute atomic E-state index is 2.47. The first-order valence-electron chi connectivity index (χ1n) is 13.7. The van der Waals surface area contributed by atoms with Gasteiger partial charge in [-0.05, 0) is 59.0 Å². The van der Waals surface area contributed by atoms with Crippen LogP contribution in [-0.2, 0) is 0 Å². The standard InChI is InChI=1S/C29H57N/c1-5-7-9-11-12-13-14-15-16-17-18-19-20-21-22-24-26-28-29(30(3)4)27-25-23-10-8-6-2/h12-13,15-16,29H,5-11,14,17-28H2,1-4H3/b13-12?,16-15-. The number of nitrogens with zero attached hydrogens (tertiary/aromatic N) is 1. The summed E-state index contributed by atoms with van der Waals surface area (Å²) in [5.41, 5.74) is 0. The molecular formula is C29H57N. The largest absolute Gasteiger partial charge is 0.306 e. The molecule has 0 radical (unpaired) electrons. The molecule has 0 aromatic heterocycles. The molecule has 0 aromatic carbocycles. The highest BCUT2D eigenvalue weighted by Crippen LogP contribution is 2.17. The van der Waals surface area contributed by atoms with E-state index in [1.807, 2.05) is 0 Å². The Kier molecular flexibility index (Phi) is 24.2. The second kappa shape index (κ2) is 24.7. The van der Waals surface area contributed by atoms with Gasteiger partial charge in [-0.3, -0.25) is 0 Å². The van der Waals surface area contributed by atoms with E-state index in [1.54, 1.807) is 0 Å². The Balaban J connectivity index is 3.43. The third-order valence-electron chi connectivity index (χ3n) is 6.36. The summed E-state index contributed by atoms with van der Waals surface area (Å²) in [7, 11) is 4.55. The summed E-state index contributed by atoms with van der Waals surface area (Å²) in [4.78, 5) is 2.47. The highest BCUT2D eigenvalue weighted by Gasteiger charge is 2.10. The van der Waals surface area contributed by atoms with Crippen LogP contribution in [0.3, 0.4) is 0 Å². The van der Waals surface area contributed by atoms with E-state index in [1.165, 1.54) is 122 Å². The monoisotopic (exact) mass is 419 g/mol. The number of allylic oxidation sites excluding steroid dienone is 4. The molecule has 1 unspecified atom stereocenters. The fourth-order valence-corrected chi connectivity index (χ4v) is 4.19. The fraction of sp³-hybridized carbons (Fsp3) is 0.862. The predicted octanol–water partition coefficient (Wildman–Crippen LogP) is 9.87. The molecule has 0 amide bonds. The molecule has 1 atom stereocenters. The summed E-state index contributed by atoms with van der Waals surface area (Å²) >= 11 is 0. The lowest BCUT2D eigenvalue weighted by Crippen LogP contribution is -2.27. The van der Waals surface area contributed by atoms with Crippen molar-refractivity contribution in [3.8, 4) is 0 Å². The van der Waals surface area contributed by atoms with Crippen LogP contribution in [0.1, 0.15) is 142 Å². The maximum Gasteiger partial charge on any atom is 0.00891 e. The van der Waals surface area contributed by atoms with E-state index >= 15 is 0 Å². The zero-order valence-corrected chi connectivity index (χ0v) is 21.5. The molecule has 1 nitrogen and oxygen atoms in total. The molecule has 0 N–H and O–H groups in total. The molecule has 0 aromatic rings. The van der Waals surface area contributed by atoms with Gasteiger partial charge >= 0.3 is 0 Å². The lowest BCUT2D eigenvalue weighted by molar-refractivity contribution is 0.251. The zero-order chi connectivity index (χ0) is 22.1. The van der Waals surface area contributed by atoms with Crippen LogP contribution in [-0.4, -0.2) is 25.0 Å². The van der Waals surface area contributed by atoms with Crippen molar-refractivity contribution in [2.45, 2.75) is 148 Å². The summed E-state index contributed by atoms with van der Waals surface area (Å²) < 4.78 is 0. The first-order valence-corrected chi connectivity index (χ1v) is 13.7. The van der Waals surface area contributed by atoms with E-state index in [2.05, 4.69) is 57.1 Å². The molecule has 0 bridgehead atoms. The molecule has 0 aliphatic carbocycles. The van der Waals surface area contributed by atoms with E-state index in [0.717, 1.165) is 12.5 Å². The number of hydrogen-bond acceptors (Lipinski definition) is 1. The molecule has 0 spiro atoms. The van der Waals surface area contributed by atoms with Crippen LogP contribution in [0.15, 0.2) is 24.3 Å². The van der Waals surface area contributed by atoms with Crippen LogP contribution in [0.5, 0.6) is 0 Å². The summed E-state index contributed by atoms with van der Waals surface area (Å²) in [6, 6.07) is 0.810. The van der Waals surface area contributed by atoms with Gasteiger partial charge in [-0.15, -0.1) is 0 Å². The van der Waals surface area contributed by atoms with Gasteiger partial charge in [-0.25, -0.2) is 0 Å². The van der Waals surface area contributed by atoms with Gasteiger partial charge in [-0.1, -0.05) is 122 Å². The highest BCUT2D eigenvalue weighted by molar-refractivity contribution is 4.92. The van der Waals surface area contributed by atoms with Crippen LogP contribution in [0, 0.1) is 0 Å². The van der Waals surface area contributed by atoms with Crippen LogP contribution >= 0.6 is 0 Å². The first-order chi connectivity index (χ1) is 14.7. The lowest BCUT2D eigenvalue weighted by atomic mass is 9.99. The third-order valence-corrected chi connectivity index (χ3v) is 6.36. The van der Waals surface area contributed by atoms with Gasteiger partial charge < -0.3 is 4.90 Å². The average Bonchev–Trinajstić information content (AvgIpc) is 2.74. The van der Waals surface area contributed by atoms with Gasteiger partial charge in [0.05, 0.1) is 0 Å². The fourth-order valence-electron chi connectivity index (χ4n) is 4.19. The normalized spacial score (nSPS) is 13.2. The topological polar surface area (TPSA) is 3.24 Å². The quantitative estimate of drug-likeness (QED) is 0.118. The summed E-state index contributed by atoms with van der Waals surface area (Å²) in [6.45, 7) is 4.57. The summed E-state index contributed by atoms with van der Waals surface area (Å²) in [6.07, 6.45) is 36.9. The van der Waals surface area contributed by atoms with E-state index in [0.29, 0.717) is 0 Å². The van der Waals surface area contributed by atoms with Crippen molar-refractivity contribution >= 4 is 0 Å². The van der Waals surface area contributed by atoms with Gasteiger partial charge in [0.2, 0.25) is 0 Å². The molecule has 0 heterocycles. The molecule has 0 aliphatic heterocycles. The van der Waals surface area contributed by atoms with Crippen molar-refractivity contribution in [2.75, 3.05) is 14.1 Å². The van der Waals surface area contributed by atoms with Crippen molar-refractivity contribution in [1.29, 1.82) is 0 Å². The van der Waals surface area contributed by atoms with Crippen LogP contribution in [0.25, 0.3) is 0 Å². The minimum absolute atomic E-state index is 0.810. The molecule has 0 saturated carbocycles. The summed E-state index contributed by atoms with van der Waals surface area (Å²) in [5, 5.41) is 0. The molecule has 1 heteroatoms. The molecule has 30 heavy (non-hydrogen) atoms. The number of hydrogen-bond donors (Lipinski definition) is 0. The van der Waals surface area contributed by atoms with Crippen LogP contribution in [0.4, 0.5) is 0 Å². The van der Waals surface area contributed by atoms with Crippen molar-refractivity contribution < 1.29 is 0 Å². The lowest BCUT2D eigenvalue weighted by Gasteiger charge is -2.24. The van der Waals surface area contributed by atoms with Crippen molar-refractivity contribution in [3.05, 3.63) is 24.3 Å². The zero-order valence-electron chi connectivity index (χ0n) is 21.5. The molecule has 0 fully saturated rings. The Hall–Kier alpha value is -0.560. The van der Waals surface area contributed by atoms with Gasteiger partial charge in [0, 0.05) is 6.04 Å². The Morgan fingerprint density at radius 2 is 0.900 bits per heavy atom. The van der Waals surface area contributed by atoms with Crippen molar-refractivity contribution in [1.82, 2.24) is 4.90 Å². The van der Waals surface area contributed by atoms with E-state index < -0.39 is 0 Å². The number of unbranched alkanes of at least 4 members (excludes halogenated alkanes) is 14. The maximum atomic E-state index is 2.47.